The molecule has 1 saturated heterocycles. The number of nitrogens with one attached hydrogen (secondary N) is 4. The Balaban J connectivity index is 1.45. The maximum Gasteiger partial charge on any atom is 0.242 e. The standard InChI is InChI=1S/C30H42N6O3/c31-29(32)33-18-6-9-25(27(38)34-21-22-10-12-24(37)13-11-22)35-28(39)26(23-7-2-1-3-8-23)36-19-16-30(17-20-36)14-4-5-15-30/h1-3,7-8,10-13,25-26,37H,4-6,9,14-21H2,(H,34,38)(H,35,39)(H4,31,32,33)/t25-,26?/m1/s1. The van der Waals surface area contributed by atoms with Crippen molar-refractivity contribution in [2.24, 2.45) is 11.1 Å². The van der Waals surface area contributed by atoms with Gasteiger partial charge in [0.2, 0.25) is 11.8 Å². The number of hydrogen-bond donors (Lipinski definition) is 6. The van der Waals surface area contributed by atoms with Crippen molar-refractivity contribution < 1.29 is 14.7 Å². The van der Waals surface area contributed by atoms with Gasteiger partial charge in [0.15, 0.2) is 5.96 Å². The fraction of sp³-hybridized carbons (Fsp3) is 0.500. The molecule has 1 unspecified atom stereocenters. The van der Waals surface area contributed by atoms with E-state index in [9.17, 15) is 14.7 Å². The zero-order valence-corrected chi connectivity index (χ0v) is 22.6. The number of piperidine rings is 1. The number of carbonyl (C=O) groups excluding carboxylic acids is 2. The van der Waals surface area contributed by atoms with Gasteiger partial charge in [0.25, 0.3) is 0 Å². The first-order valence-electron chi connectivity index (χ1n) is 14.1. The molecule has 7 N–H and O–H groups in total. The Bertz CT molecular complexity index is 1090. The van der Waals surface area contributed by atoms with Gasteiger partial charge in [-0.05, 0) is 80.3 Å². The summed E-state index contributed by atoms with van der Waals surface area (Å²) in [5.74, 6) is -0.402. The first kappa shape index (κ1) is 28.4. The van der Waals surface area contributed by atoms with Crippen molar-refractivity contribution in [2.75, 3.05) is 19.6 Å². The minimum Gasteiger partial charge on any atom is -0.508 e. The summed E-state index contributed by atoms with van der Waals surface area (Å²) in [7, 11) is 0. The largest absolute Gasteiger partial charge is 0.508 e. The predicted octanol–water partition coefficient (Wildman–Crippen LogP) is 3.15. The summed E-state index contributed by atoms with van der Waals surface area (Å²) in [6.45, 7) is 2.46. The number of guanidine groups is 1. The van der Waals surface area contributed by atoms with Crippen LogP contribution in [-0.2, 0) is 16.1 Å². The van der Waals surface area contributed by atoms with Crippen LogP contribution in [0.4, 0.5) is 0 Å². The normalized spacial score (nSPS) is 18.3. The van der Waals surface area contributed by atoms with Gasteiger partial charge in [-0.1, -0.05) is 55.3 Å². The highest BCUT2D eigenvalue weighted by Gasteiger charge is 2.40. The van der Waals surface area contributed by atoms with E-state index >= 15 is 0 Å². The average molecular weight is 535 g/mol. The van der Waals surface area contributed by atoms with Crippen molar-refractivity contribution in [1.82, 2.24) is 20.9 Å². The number of likely N-dealkylation sites (tertiary alicyclic amines) is 1. The second kappa shape index (κ2) is 13.5. The maximum absolute atomic E-state index is 13.9. The fourth-order valence-corrected chi connectivity index (χ4v) is 6.02. The lowest BCUT2D eigenvalue weighted by atomic mass is 9.76. The van der Waals surface area contributed by atoms with Gasteiger partial charge in [0.1, 0.15) is 17.8 Å². The Morgan fingerprint density at radius 1 is 0.949 bits per heavy atom. The Morgan fingerprint density at radius 3 is 2.26 bits per heavy atom. The molecular formula is C30H42N6O3. The molecule has 1 aliphatic heterocycles. The molecule has 1 aliphatic carbocycles. The van der Waals surface area contributed by atoms with Crippen LogP contribution in [0.2, 0.25) is 0 Å². The fourth-order valence-electron chi connectivity index (χ4n) is 6.02. The number of nitrogens with two attached hydrogens (primary N) is 1. The van der Waals surface area contributed by atoms with E-state index in [-0.39, 0.29) is 30.1 Å². The number of benzene rings is 2. The second-order valence-electron chi connectivity index (χ2n) is 11.0. The van der Waals surface area contributed by atoms with E-state index in [1.54, 1.807) is 24.3 Å². The van der Waals surface area contributed by atoms with E-state index in [1.165, 1.54) is 25.7 Å². The summed E-state index contributed by atoms with van der Waals surface area (Å²) in [5.41, 5.74) is 7.62. The van der Waals surface area contributed by atoms with Crippen LogP contribution in [0.15, 0.2) is 54.6 Å². The third kappa shape index (κ3) is 7.95. The summed E-state index contributed by atoms with van der Waals surface area (Å²) in [6, 6.07) is 15.3. The lowest BCUT2D eigenvalue weighted by Crippen LogP contribution is -2.52. The van der Waals surface area contributed by atoms with Gasteiger partial charge in [0.05, 0.1) is 0 Å². The number of hydrogen-bond acceptors (Lipinski definition) is 5. The van der Waals surface area contributed by atoms with Crippen LogP contribution >= 0.6 is 0 Å². The first-order valence-corrected chi connectivity index (χ1v) is 14.1. The number of aromatic hydroxyl groups is 1. The second-order valence-corrected chi connectivity index (χ2v) is 11.0. The molecule has 1 spiro atoms. The van der Waals surface area contributed by atoms with Crippen molar-refractivity contribution >= 4 is 17.8 Å². The van der Waals surface area contributed by atoms with E-state index in [0.717, 1.165) is 37.1 Å². The monoisotopic (exact) mass is 534 g/mol. The van der Waals surface area contributed by atoms with Crippen molar-refractivity contribution in [3.8, 4) is 5.75 Å². The lowest BCUT2D eigenvalue weighted by Gasteiger charge is -2.42. The van der Waals surface area contributed by atoms with Gasteiger partial charge >= 0.3 is 0 Å². The Hall–Kier alpha value is -3.59. The van der Waals surface area contributed by atoms with E-state index in [0.29, 0.717) is 24.8 Å². The molecule has 2 aromatic rings. The molecule has 210 valence electrons. The molecular weight excluding hydrogens is 492 g/mol. The number of amides is 2. The quantitative estimate of drug-likeness (QED) is 0.148. The molecule has 2 aromatic carbocycles. The SMILES string of the molecule is N=C(N)NCCC[C@@H](NC(=O)C(c1ccccc1)N1CCC2(CCCC2)CC1)C(=O)NCc1ccc(O)cc1. The number of phenolic OH excluding ortho intramolecular Hbond substituents is 1. The van der Waals surface area contributed by atoms with Crippen molar-refractivity contribution in [2.45, 2.75) is 70.0 Å². The first-order chi connectivity index (χ1) is 18.8. The van der Waals surface area contributed by atoms with E-state index in [1.807, 2.05) is 30.3 Å². The van der Waals surface area contributed by atoms with Crippen LogP contribution in [-0.4, -0.2) is 53.5 Å². The minimum atomic E-state index is -0.736. The smallest absolute Gasteiger partial charge is 0.242 e. The third-order valence-corrected chi connectivity index (χ3v) is 8.27. The number of carbonyl (C=O) groups is 2. The Labute approximate surface area is 231 Å². The van der Waals surface area contributed by atoms with Crippen LogP contribution in [0, 0.1) is 10.8 Å². The van der Waals surface area contributed by atoms with Gasteiger partial charge < -0.3 is 26.8 Å². The highest BCUT2D eigenvalue weighted by Crippen LogP contribution is 2.47. The van der Waals surface area contributed by atoms with Gasteiger partial charge in [-0.15, -0.1) is 0 Å². The molecule has 0 radical (unpaired) electrons. The highest BCUT2D eigenvalue weighted by molar-refractivity contribution is 5.90. The van der Waals surface area contributed by atoms with Crippen molar-refractivity contribution in [3.05, 3.63) is 65.7 Å². The van der Waals surface area contributed by atoms with Crippen LogP contribution in [0.1, 0.15) is 68.5 Å². The Morgan fingerprint density at radius 2 is 1.62 bits per heavy atom. The van der Waals surface area contributed by atoms with E-state index in [2.05, 4.69) is 20.9 Å². The molecule has 2 fully saturated rings. The summed E-state index contributed by atoms with van der Waals surface area (Å²) in [6.07, 6.45) is 8.37. The zero-order valence-electron chi connectivity index (χ0n) is 22.6. The topological polar surface area (TPSA) is 144 Å². The molecule has 0 aromatic heterocycles. The van der Waals surface area contributed by atoms with Crippen LogP contribution in [0.25, 0.3) is 0 Å². The van der Waals surface area contributed by atoms with Gasteiger partial charge in [-0.2, -0.15) is 0 Å². The molecule has 2 amide bonds. The third-order valence-electron chi connectivity index (χ3n) is 8.27. The number of nitrogens with zero attached hydrogens (tertiary/aromatic N) is 1. The van der Waals surface area contributed by atoms with Gasteiger partial charge in [-0.25, -0.2) is 0 Å². The highest BCUT2D eigenvalue weighted by atomic mass is 16.3. The van der Waals surface area contributed by atoms with Crippen molar-refractivity contribution in [3.63, 3.8) is 0 Å². The van der Waals surface area contributed by atoms with Crippen LogP contribution < -0.4 is 21.7 Å². The van der Waals surface area contributed by atoms with Gasteiger partial charge in [-0.3, -0.25) is 19.9 Å². The predicted molar refractivity (Wildman–Crippen MR) is 152 cm³/mol. The molecule has 9 nitrogen and oxygen atoms in total. The summed E-state index contributed by atoms with van der Waals surface area (Å²) < 4.78 is 0. The van der Waals surface area contributed by atoms with Crippen molar-refractivity contribution in [1.29, 1.82) is 5.41 Å². The number of rotatable bonds is 11. The minimum absolute atomic E-state index is 0.123. The maximum atomic E-state index is 13.9. The Kier molecular flexibility index (Phi) is 9.81. The summed E-state index contributed by atoms with van der Waals surface area (Å²) >= 11 is 0. The van der Waals surface area contributed by atoms with E-state index in [4.69, 9.17) is 11.1 Å². The van der Waals surface area contributed by atoms with Crippen LogP contribution in [0.3, 0.4) is 0 Å². The molecule has 0 bridgehead atoms. The lowest BCUT2D eigenvalue weighted by molar-refractivity contribution is -0.133. The van der Waals surface area contributed by atoms with E-state index < -0.39 is 12.1 Å². The molecule has 1 heterocycles. The zero-order chi connectivity index (χ0) is 27.7. The summed E-state index contributed by atoms with van der Waals surface area (Å²) in [5, 5.41) is 25.7. The molecule has 2 atom stereocenters. The molecule has 2 aliphatic rings. The number of phenols is 1. The summed E-state index contributed by atoms with van der Waals surface area (Å²) in [4.78, 5) is 29.4. The molecule has 9 heteroatoms. The molecule has 4 rings (SSSR count). The molecule has 1 saturated carbocycles. The molecule has 39 heavy (non-hydrogen) atoms. The van der Waals surface area contributed by atoms with Gasteiger partial charge in [0, 0.05) is 13.1 Å². The average Bonchev–Trinajstić information content (AvgIpc) is 3.39. The van der Waals surface area contributed by atoms with Crippen LogP contribution in [0.5, 0.6) is 5.75 Å².